The van der Waals surface area contributed by atoms with Crippen LogP contribution in [0, 0.1) is 20.8 Å². The lowest BCUT2D eigenvalue weighted by Gasteiger charge is -2.09. The number of hydrogen-bond donors (Lipinski definition) is 1. The number of carbonyl (C=O) groups excluding carboxylic acids is 1. The molecule has 2 aromatic heterocycles. The summed E-state index contributed by atoms with van der Waals surface area (Å²) in [7, 11) is 0. The van der Waals surface area contributed by atoms with Crippen LogP contribution in [0.4, 0.5) is 5.69 Å². The van der Waals surface area contributed by atoms with E-state index in [1.807, 2.05) is 49.7 Å². The van der Waals surface area contributed by atoms with Crippen molar-refractivity contribution >= 4 is 34.8 Å². The summed E-state index contributed by atoms with van der Waals surface area (Å²) >= 11 is 12.2. The summed E-state index contributed by atoms with van der Waals surface area (Å²) in [4.78, 5) is 12.4. The summed E-state index contributed by atoms with van der Waals surface area (Å²) in [6.45, 7) is 6.23. The van der Waals surface area contributed by atoms with Crippen molar-refractivity contribution in [1.29, 1.82) is 0 Å². The number of rotatable bonds is 5. The second-order valence-electron chi connectivity index (χ2n) is 6.08. The monoisotopic (exact) mass is 391 g/mol. The predicted octanol–water partition coefficient (Wildman–Crippen LogP) is 4.00. The molecule has 136 valence electrons. The number of carbonyl (C=O) groups is 1. The average molecular weight is 392 g/mol. The first-order chi connectivity index (χ1) is 12.4. The van der Waals surface area contributed by atoms with Crippen LogP contribution < -0.4 is 5.32 Å². The van der Waals surface area contributed by atoms with E-state index in [0.717, 1.165) is 22.6 Å². The molecule has 0 saturated carbocycles. The number of hydrogen-bond acceptors (Lipinski definition) is 3. The Morgan fingerprint density at radius 2 is 1.81 bits per heavy atom. The van der Waals surface area contributed by atoms with E-state index >= 15 is 0 Å². The molecule has 6 nitrogen and oxygen atoms in total. The zero-order valence-corrected chi connectivity index (χ0v) is 16.3. The van der Waals surface area contributed by atoms with Crippen molar-refractivity contribution < 1.29 is 4.79 Å². The lowest BCUT2D eigenvalue weighted by molar-refractivity contribution is -0.116. The lowest BCUT2D eigenvalue weighted by atomic mass is 10.2. The summed E-state index contributed by atoms with van der Waals surface area (Å²) < 4.78 is 3.40. The molecule has 0 saturated heterocycles. The largest absolute Gasteiger partial charge is 0.321 e. The van der Waals surface area contributed by atoms with Crippen LogP contribution in [0.5, 0.6) is 0 Å². The van der Waals surface area contributed by atoms with Crippen molar-refractivity contribution in [2.75, 3.05) is 5.32 Å². The summed E-state index contributed by atoms with van der Waals surface area (Å²) in [6.07, 6.45) is 1.53. The molecule has 0 aliphatic carbocycles. The molecular formula is C18H19Cl2N5O. The SMILES string of the molecule is Cc1nn(Cc2ccccc2Cl)c(C)c1NC(=O)Cn1ncc(Cl)c1C. The highest BCUT2D eigenvalue weighted by Gasteiger charge is 2.16. The van der Waals surface area contributed by atoms with E-state index in [9.17, 15) is 4.79 Å². The topological polar surface area (TPSA) is 64.7 Å². The van der Waals surface area contributed by atoms with E-state index in [-0.39, 0.29) is 12.5 Å². The Morgan fingerprint density at radius 3 is 2.46 bits per heavy atom. The van der Waals surface area contributed by atoms with Crippen LogP contribution in [-0.4, -0.2) is 25.5 Å². The first-order valence-electron chi connectivity index (χ1n) is 8.12. The Labute approximate surface area is 161 Å². The van der Waals surface area contributed by atoms with Gasteiger partial charge in [-0.05, 0) is 32.4 Å². The lowest BCUT2D eigenvalue weighted by Crippen LogP contribution is -2.21. The van der Waals surface area contributed by atoms with Crippen molar-refractivity contribution in [3.05, 3.63) is 63.2 Å². The highest BCUT2D eigenvalue weighted by molar-refractivity contribution is 6.31. The third-order valence-electron chi connectivity index (χ3n) is 4.26. The predicted molar refractivity (Wildman–Crippen MR) is 103 cm³/mol. The zero-order chi connectivity index (χ0) is 18.8. The molecule has 1 amide bonds. The van der Waals surface area contributed by atoms with Crippen molar-refractivity contribution in [1.82, 2.24) is 19.6 Å². The molecule has 0 unspecified atom stereocenters. The molecule has 1 N–H and O–H groups in total. The molecule has 3 rings (SSSR count). The van der Waals surface area contributed by atoms with Gasteiger partial charge in [-0.1, -0.05) is 41.4 Å². The molecule has 0 fully saturated rings. The summed E-state index contributed by atoms with van der Waals surface area (Å²) in [5.41, 5.74) is 4.05. The van der Waals surface area contributed by atoms with Crippen molar-refractivity contribution in [3.63, 3.8) is 0 Å². The van der Waals surface area contributed by atoms with Crippen LogP contribution in [0.15, 0.2) is 30.5 Å². The minimum absolute atomic E-state index is 0.0904. The van der Waals surface area contributed by atoms with Crippen LogP contribution in [0.2, 0.25) is 10.0 Å². The van der Waals surface area contributed by atoms with Gasteiger partial charge in [0.1, 0.15) is 6.54 Å². The van der Waals surface area contributed by atoms with Gasteiger partial charge in [0.2, 0.25) is 5.91 Å². The fourth-order valence-electron chi connectivity index (χ4n) is 2.72. The minimum Gasteiger partial charge on any atom is -0.321 e. The van der Waals surface area contributed by atoms with Crippen LogP contribution in [0.1, 0.15) is 22.6 Å². The molecule has 0 aliphatic rings. The molecule has 1 aromatic carbocycles. The molecular weight excluding hydrogens is 373 g/mol. The van der Waals surface area contributed by atoms with E-state index in [0.29, 0.717) is 22.3 Å². The van der Waals surface area contributed by atoms with Gasteiger partial charge >= 0.3 is 0 Å². The second-order valence-corrected chi connectivity index (χ2v) is 6.89. The van der Waals surface area contributed by atoms with Crippen LogP contribution >= 0.6 is 23.2 Å². The number of amides is 1. The zero-order valence-electron chi connectivity index (χ0n) is 14.8. The first kappa shape index (κ1) is 18.5. The molecule has 26 heavy (non-hydrogen) atoms. The van der Waals surface area contributed by atoms with Gasteiger partial charge in [0.05, 0.1) is 40.5 Å². The van der Waals surface area contributed by atoms with Gasteiger partial charge in [0.25, 0.3) is 0 Å². The molecule has 8 heteroatoms. The number of nitrogens with zero attached hydrogens (tertiary/aromatic N) is 4. The number of aryl methyl sites for hydroxylation is 1. The van der Waals surface area contributed by atoms with E-state index in [2.05, 4.69) is 15.5 Å². The van der Waals surface area contributed by atoms with Gasteiger partial charge in [-0.3, -0.25) is 14.2 Å². The third kappa shape index (κ3) is 3.76. The fraction of sp³-hybridized carbons (Fsp3) is 0.278. The molecule has 0 spiro atoms. The maximum absolute atomic E-state index is 12.4. The molecule has 0 bridgehead atoms. The Hall–Kier alpha value is -2.31. The molecule has 2 heterocycles. The first-order valence-corrected chi connectivity index (χ1v) is 8.87. The van der Waals surface area contributed by atoms with Gasteiger partial charge in [-0.2, -0.15) is 10.2 Å². The van der Waals surface area contributed by atoms with Crippen LogP contribution in [0.25, 0.3) is 0 Å². The summed E-state index contributed by atoms with van der Waals surface area (Å²) in [6, 6.07) is 7.64. The normalized spacial score (nSPS) is 11.0. The Balaban J connectivity index is 1.76. The smallest absolute Gasteiger partial charge is 0.246 e. The van der Waals surface area contributed by atoms with E-state index in [1.165, 1.54) is 6.20 Å². The van der Waals surface area contributed by atoms with Crippen molar-refractivity contribution in [3.8, 4) is 0 Å². The number of anilines is 1. The number of nitrogens with one attached hydrogen (secondary N) is 1. The van der Waals surface area contributed by atoms with Gasteiger partial charge < -0.3 is 5.32 Å². The standard InChI is InChI=1S/C18H19Cl2N5O/c1-11-18(22-17(26)10-24-12(2)16(20)8-21-24)13(3)25(23-11)9-14-6-4-5-7-15(14)19/h4-8H,9-10H2,1-3H3,(H,22,26). The summed E-state index contributed by atoms with van der Waals surface area (Å²) in [5, 5.41) is 12.8. The Kier molecular flexibility index (Phi) is 5.34. The number of aromatic nitrogens is 4. The maximum atomic E-state index is 12.4. The van der Waals surface area contributed by atoms with Gasteiger partial charge in [0.15, 0.2) is 0 Å². The van der Waals surface area contributed by atoms with E-state index in [4.69, 9.17) is 23.2 Å². The molecule has 3 aromatic rings. The Bertz CT molecular complexity index is 961. The number of halogens is 2. The maximum Gasteiger partial charge on any atom is 0.246 e. The molecule has 0 radical (unpaired) electrons. The van der Waals surface area contributed by atoms with Crippen molar-refractivity contribution in [2.24, 2.45) is 0 Å². The average Bonchev–Trinajstić information content (AvgIpc) is 3.05. The van der Waals surface area contributed by atoms with Gasteiger partial charge in [-0.15, -0.1) is 0 Å². The highest BCUT2D eigenvalue weighted by Crippen LogP contribution is 2.23. The van der Waals surface area contributed by atoms with E-state index < -0.39 is 0 Å². The Morgan fingerprint density at radius 1 is 1.08 bits per heavy atom. The van der Waals surface area contributed by atoms with Gasteiger partial charge in [-0.25, -0.2) is 0 Å². The second kappa shape index (κ2) is 7.51. The van der Waals surface area contributed by atoms with E-state index in [1.54, 1.807) is 4.68 Å². The quantitative estimate of drug-likeness (QED) is 0.714. The molecule has 0 atom stereocenters. The minimum atomic E-state index is -0.184. The van der Waals surface area contributed by atoms with Crippen LogP contribution in [-0.2, 0) is 17.9 Å². The van der Waals surface area contributed by atoms with Crippen molar-refractivity contribution in [2.45, 2.75) is 33.9 Å². The number of benzene rings is 1. The highest BCUT2D eigenvalue weighted by atomic mass is 35.5. The van der Waals surface area contributed by atoms with Gasteiger partial charge in [0, 0.05) is 5.02 Å². The third-order valence-corrected chi connectivity index (χ3v) is 5.00. The summed E-state index contributed by atoms with van der Waals surface area (Å²) in [5.74, 6) is -0.184. The van der Waals surface area contributed by atoms with Crippen LogP contribution in [0.3, 0.4) is 0 Å². The fourth-order valence-corrected chi connectivity index (χ4v) is 3.05. The molecule has 0 aliphatic heterocycles.